The van der Waals surface area contributed by atoms with Crippen molar-refractivity contribution in [2.24, 2.45) is 0 Å². The fourth-order valence-electron chi connectivity index (χ4n) is 2.20. The lowest BCUT2D eigenvalue weighted by Crippen LogP contribution is -1.97. The molecule has 0 aliphatic carbocycles. The van der Waals surface area contributed by atoms with Crippen molar-refractivity contribution in [3.63, 3.8) is 0 Å². The number of rotatable bonds is 2. The van der Waals surface area contributed by atoms with E-state index < -0.39 is 0 Å². The van der Waals surface area contributed by atoms with Crippen molar-refractivity contribution in [3.05, 3.63) is 35.9 Å². The van der Waals surface area contributed by atoms with Gasteiger partial charge < -0.3 is 10.5 Å². The predicted molar refractivity (Wildman–Crippen MR) is 75.0 cm³/mol. The fourth-order valence-corrected chi connectivity index (χ4v) is 2.20. The number of benzene rings is 1. The molecule has 0 saturated heterocycles. The summed E-state index contributed by atoms with van der Waals surface area (Å²) in [6.45, 7) is 0. The summed E-state index contributed by atoms with van der Waals surface area (Å²) in [5.74, 6) is 0.621. The number of pyridine rings is 1. The van der Waals surface area contributed by atoms with Gasteiger partial charge in [0.05, 0.1) is 12.5 Å². The zero-order valence-corrected chi connectivity index (χ0v) is 10.7. The molecule has 0 amide bonds. The van der Waals surface area contributed by atoms with E-state index in [-0.39, 0.29) is 5.88 Å². The van der Waals surface area contributed by atoms with Gasteiger partial charge in [0.2, 0.25) is 5.88 Å². The van der Waals surface area contributed by atoms with Crippen molar-refractivity contribution >= 4 is 16.9 Å². The number of nitrogens with two attached hydrogens (primary N) is 1. The lowest BCUT2D eigenvalue weighted by Gasteiger charge is -2.09. The Morgan fingerprint density at radius 2 is 2.05 bits per heavy atom. The molecule has 0 bridgehead atoms. The van der Waals surface area contributed by atoms with E-state index in [1.165, 1.54) is 7.11 Å². The van der Waals surface area contributed by atoms with Gasteiger partial charge in [-0.05, 0) is 5.56 Å². The smallest absolute Gasteiger partial charge is 0.234 e. The Morgan fingerprint density at radius 1 is 1.30 bits per heavy atom. The van der Waals surface area contributed by atoms with Crippen molar-refractivity contribution in [1.29, 1.82) is 5.26 Å². The maximum Gasteiger partial charge on any atom is 0.234 e. The number of aromatic nitrogens is 3. The highest BCUT2D eigenvalue weighted by Crippen LogP contribution is 2.37. The van der Waals surface area contributed by atoms with E-state index in [9.17, 15) is 5.26 Å². The van der Waals surface area contributed by atoms with Gasteiger partial charge in [0.25, 0.3) is 0 Å². The summed E-state index contributed by atoms with van der Waals surface area (Å²) in [7, 11) is 1.47. The van der Waals surface area contributed by atoms with Crippen molar-refractivity contribution in [2.45, 2.75) is 0 Å². The first-order valence-corrected chi connectivity index (χ1v) is 5.93. The van der Waals surface area contributed by atoms with Gasteiger partial charge >= 0.3 is 0 Å². The number of ether oxygens (including phenoxy) is 1. The van der Waals surface area contributed by atoms with Crippen molar-refractivity contribution in [3.8, 4) is 23.1 Å². The van der Waals surface area contributed by atoms with Crippen LogP contribution in [-0.2, 0) is 0 Å². The van der Waals surface area contributed by atoms with Crippen LogP contribution in [0.5, 0.6) is 5.88 Å². The average molecular weight is 265 g/mol. The van der Waals surface area contributed by atoms with Gasteiger partial charge in [-0.3, -0.25) is 5.10 Å². The van der Waals surface area contributed by atoms with Crippen LogP contribution >= 0.6 is 0 Å². The molecule has 0 spiro atoms. The number of hydrogen-bond donors (Lipinski definition) is 2. The number of fused-ring (bicyclic) bond motifs is 1. The molecular weight excluding hydrogens is 254 g/mol. The number of H-pyrrole nitrogens is 1. The highest BCUT2D eigenvalue weighted by molar-refractivity contribution is 6.02. The molecule has 0 saturated carbocycles. The van der Waals surface area contributed by atoms with Crippen LogP contribution < -0.4 is 10.5 Å². The van der Waals surface area contributed by atoms with Gasteiger partial charge in [-0.2, -0.15) is 15.3 Å². The number of hydrogen-bond acceptors (Lipinski definition) is 5. The Bertz CT molecular complexity index is 817. The van der Waals surface area contributed by atoms with Crippen LogP contribution in [0, 0.1) is 11.3 Å². The first kappa shape index (κ1) is 12.0. The molecule has 20 heavy (non-hydrogen) atoms. The van der Waals surface area contributed by atoms with Gasteiger partial charge in [-0.15, -0.1) is 0 Å². The fraction of sp³-hybridized carbons (Fsp3) is 0.0714. The van der Waals surface area contributed by atoms with Crippen LogP contribution in [0.15, 0.2) is 30.3 Å². The van der Waals surface area contributed by atoms with Crippen LogP contribution in [0.1, 0.15) is 5.56 Å². The minimum Gasteiger partial charge on any atom is -0.480 e. The SMILES string of the molecule is COc1nc2n[nH]c(N)c2c(-c2ccccc2)c1C#N. The average Bonchev–Trinajstić information content (AvgIpc) is 2.87. The first-order chi connectivity index (χ1) is 9.76. The largest absolute Gasteiger partial charge is 0.480 e. The van der Waals surface area contributed by atoms with Crippen molar-refractivity contribution in [2.75, 3.05) is 12.8 Å². The lowest BCUT2D eigenvalue weighted by molar-refractivity contribution is 0.398. The molecule has 0 unspecified atom stereocenters. The molecule has 1 aromatic carbocycles. The Kier molecular flexibility index (Phi) is 2.73. The van der Waals surface area contributed by atoms with Crippen LogP contribution in [0.4, 0.5) is 5.82 Å². The second-order valence-electron chi connectivity index (χ2n) is 4.18. The van der Waals surface area contributed by atoms with Gasteiger partial charge in [0.1, 0.15) is 17.5 Å². The molecule has 0 radical (unpaired) electrons. The number of nitrogens with zero attached hydrogens (tertiary/aromatic N) is 3. The van der Waals surface area contributed by atoms with Crippen LogP contribution in [0.25, 0.3) is 22.2 Å². The minimum atomic E-state index is 0.241. The molecule has 98 valence electrons. The third-order valence-corrected chi connectivity index (χ3v) is 3.06. The molecule has 3 rings (SSSR count). The summed E-state index contributed by atoms with van der Waals surface area (Å²) >= 11 is 0. The van der Waals surface area contributed by atoms with Crippen molar-refractivity contribution < 1.29 is 4.74 Å². The molecule has 6 nitrogen and oxygen atoms in total. The normalized spacial score (nSPS) is 10.4. The highest BCUT2D eigenvalue weighted by Gasteiger charge is 2.20. The molecule has 2 heterocycles. The first-order valence-electron chi connectivity index (χ1n) is 5.93. The summed E-state index contributed by atoms with van der Waals surface area (Å²) in [6, 6.07) is 11.6. The minimum absolute atomic E-state index is 0.241. The maximum atomic E-state index is 9.44. The lowest BCUT2D eigenvalue weighted by atomic mass is 9.98. The van der Waals surface area contributed by atoms with Crippen LogP contribution in [-0.4, -0.2) is 22.3 Å². The Labute approximate surface area is 114 Å². The molecule has 0 aliphatic rings. The second-order valence-corrected chi connectivity index (χ2v) is 4.18. The van der Waals surface area contributed by atoms with Gasteiger partial charge in [0.15, 0.2) is 5.65 Å². The quantitative estimate of drug-likeness (QED) is 0.738. The summed E-state index contributed by atoms with van der Waals surface area (Å²) < 4.78 is 5.19. The zero-order valence-electron chi connectivity index (χ0n) is 10.7. The monoisotopic (exact) mass is 265 g/mol. The van der Waals surface area contributed by atoms with Crippen molar-refractivity contribution in [1.82, 2.24) is 15.2 Å². The Balaban J connectivity index is 2.49. The van der Waals surface area contributed by atoms with E-state index in [2.05, 4.69) is 21.3 Å². The van der Waals surface area contributed by atoms with Crippen LogP contribution in [0.3, 0.4) is 0 Å². The molecule has 0 fully saturated rings. The van der Waals surface area contributed by atoms with Gasteiger partial charge in [-0.1, -0.05) is 30.3 Å². The number of nitrogen functional groups attached to an aromatic ring is 1. The summed E-state index contributed by atoms with van der Waals surface area (Å²) in [5, 5.41) is 16.8. The molecule has 3 N–H and O–H groups in total. The third-order valence-electron chi connectivity index (χ3n) is 3.06. The Morgan fingerprint density at radius 3 is 2.70 bits per heavy atom. The van der Waals surface area contributed by atoms with E-state index in [0.29, 0.717) is 28.0 Å². The van der Waals surface area contributed by atoms with E-state index in [0.717, 1.165) is 5.56 Å². The number of anilines is 1. The molecule has 6 heteroatoms. The van der Waals surface area contributed by atoms with Gasteiger partial charge in [0, 0.05) is 5.56 Å². The van der Waals surface area contributed by atoms with E-state index in [4.69, 9.17) is 10.5 Å². The zero-order chi connectivity index (χ0) is 14.1. The summed E-state index contributed by atoms with van der Waals surface area (Å²) in [4.78, 5) is 4.20. The summed E-state index contributed by atoms with van der Waals surface area (Å²) in [6.07, 6.45) is 0. The number of nitriles is 1. The summed E-state index contributed by atoms with van der Waals surface area (Å²) in [5.41, 5.74) is 8.24. The van der Waals surface area contributed by atoms with Gasteiger partial charge in [-0.25, -0.2) is 0 Å². The van der Waals surface area contributed by atoms with E-state index in [1.807, 2.05) is 30.3 Å². The molecular formula is C14H11N5O. The molecule has 0 atom stereocenters. The maximum absolute atomic E-state index is 9.44. The standard InChI is InChI=1S/C14H11N5O/c1-20-14-9(7-15)10(8-5-3-2-4-6-8)11-12(16)18-19-13(11)17-14/h2-6H,1H3,(H3,16,17,18,19). The molecule has 3 aromatic rings. The second kappa shape index (κ2) is 4.55. The topological polar surface area (TPSA) is 101 Å². The number of methoxy groups -OCH3 is 1. The van der Waals surface area contributed by atoms with E-state index in [1.54, 1.807) is 0 Å². The predicted octanol–water partition coefficient (Wildman–Crippen LogP) is 2.09. The Hall–Kier alpha value is -3.07. The number of aromatic amines is 1. The molecule has 0 aliphatic heterocycles. The molecule has 2 aromatic heterocycles. The van der Waals surface area contributed by atoms with E-state index >= 15 is 0 Å². The van der Waals surface area contributed by atoms with Crippen LogP contribution in [0.2, 0.25) is 0 Å². The number of nitrogens with one attached hydrogen (secondary N) is 1. The highest BCUT2D eigenvalue weighted by atomic mass is 16.5. The third kappa shape index (κ3) is 1.65.